The highest BCUT2D eigenvalue weighted by molar-refractivity contribution is 6.30. The van der Waals surface area contributed by atoms with Crippen molar-refractivity contribution in [2.45, 2.75) is 19.3 Å². The van der Waals surface area contributed by atoms with E-state index in [2.05, 4.69) is 5.32 Å². The second-order valence-electron chi connectivity index (χ2n) is 3.64. The molecule has 3 N–H and O–H groups in total. The molecule has 0 heterocycles. The van der Waals surface area contributed by atoms with E-state index in [0.29, 0.717) is 24.5 Å². The van der Waals surface area contributed by atoms with Crippen molar-refractivity contribution in [1.29, 1.82) is 0 Å². The molecule has 1 amide bonds. The first-order valence-corrected chi connectivity index (χ1v) is 5.77. The van der Waals surface area contributed by atoms with E-state index in [4.69, 9.17) is 17.3 Å². The van der Waals surface area contributed by atoms with E-state index in [0.717, 1.165) is 5.56 Å². The number of rotatable bonds is 5. The van der Waals surface area contributed by atoms with Crippen LogP contribution in [0.2, 0.25) is 5.02 Å². The molecular formula is C12H17ClN2O. The van der Waals surface area contributed by atoms with Crippen LogP contribution in [0.1, 0.15) is 24.8 Å². The molecule has 4 heteroatoms. The van der Waals surface area contributed by atoms with E-state index < -0.39 is 0 Å². The molecule has 88 valence electrons. The third kappa shape index (κ3) is 3.83. The Bertz CT molecular complexity index is 337. The number of benzene rings is 1. The molecule has 0 aliphatic heterocycles. The van der Waals surface area contributed by atoms with Gasteiger partial charge in [-0.25, -0.2) is 0 Å². The largest absolute Gasteiger partial charge is 0.356 e. The third-order valence-electron chi connectivity index (χ3n) is 2.43. The van der Waals surface area contributed by atoms with Gasteiger partial charge in [0.25, 0.3) is 0 Å². The highest BCUT2D eigenvalue weighted by Crippen LogP contribution is 2.20. The van der Waals surface area contributed by atoms with Gasteiger partial charge in [-0.2, -0.15) is 0 Å². The number of nitrogens with two attached hydrogens (primary N) is 1. The Morgan fingerprint density at radius 1 is 1.44 bits per heavy atom. The Balaban J connectivity index is 2.67. The summed E-state index contributed by atoms with van der Waals surface area (Å²) in [5, 5.41) is 3.46. The van der Waals surface area contributed by atoms with Gasteiger partial charge in [-0.1, -0.05) is 23.7 Å². The molecule has 0 saturated carbocycles. The van der Waals surface area contributed by atoms with Gasteiger partial charge in [-0.15, -0.1) is 0 Å². The summed E-state index contributed by atoms with van der Waals surface area (Å²) in [5.41, 5.74) is 6.73. The topological polar surface area (TPSA) is 55.1 Å². The molecular weight excluding hydrogens is 224 g/mol. The molecule has 0 aromatic heterocycles. The van der Waals surface area contributed by atoms with Crippen molar-refractivity contribution in [3.8, 4) is 0 Å². The van der Waals surface area contributed by atoms with Gasteiger partial charge < -0.3 is 11.1 Å². The zero-order valence-electron chi connectivity index (χ0n) is 9.37. The van der Waals surface area contributed by atoms with Crippen LogP contribution in [0.25, 0.3) is 0 Å². The first-order valence-electron chi connectivity index (χ1n) is 5.39. The van der Waals surface area contributed by atoms with Crippen LogP contribution in [0.3, 0.4) is 0 Å². The molecule has 1 unspecified atom stereocenters. The Morgan fingerprint density at radius 2 is 2.06 bits per heavy atom. The minimum Gasteiger partial charge on any atom is -0.356 e. The average Bonchev–Trinajstić information content (AvgIpc) is 2.27. The summed E-state index contributed by atoms with van der Waals surface area (Å²) in [6.07, 6.45) is 0.423. The maximum Gasteiger partial charge on any atom is 0.220 e. The van der Waals surface area contributed by atoms with Crippen molar-refractivity contribution in [1.82, 2.24) is 5.32 Å². The average molecular weight is 241 g/mol. The molecule has 1 aromatic rings. The second-order valence-corrected chi connectivity index (χ2v) is 4.08. The lowest BCUT2D eigenvalue weighted by Crippen LogP contribution is -2.27. The lowest BCUT2D eigenvalue weighted by atomic mass is 9.95. The molecule has 3 nitrogen and oxygen atoms in total. The van der Waals surface area contributed by atoms with Crippen LogP contribution in [0, 0.1) is 0 Å². The summed E-state index contributed by atoms with van der Waals surface area (Å²) in [4.78, 5) is 11.5. The van der Waals surface area contributed by atoms with Crippen LogP contribution >= 0.6 is 11.6 Å². The predicted octanol–water partition coefficient (Wildman–Crippen LogP) is 1.91. The number of hydrogen-bond acceptors (Lipinski definition) is 2. The summed E-state index contributed by atoms with van der Waals surface area (Å²) in [7, 11) is 0. The fraction of sp³-hybridized carbons (Fsp3) is 0.417. The first kappa shape index (κ1) is 13.0. The number of nitrogens with one attached hydrogen (secondary N) is 1. The quantitative estimate of drug-likeness (QED) is 0.826. The van der Waals surface area contributed by atoms with Gasteiger partial charge in [-0.05, 0) is 31.2 Å². The van der Waals surface area contributed by atoms with Crippen LogP contribution in [-0.4, -0.2) is 19.0 Å². The Morgan fingerprint density at radius 3 is 2.56 bits per heavy atom. The van der Waals surface area contributed by atoms with E-state index in [1.165, 1.54) is 0 Å². The molecule has 0 radical (unpaired) electrons. The minimum atomic E-state index is 0.0351. The molecule has 0 aliphatic rings. The van der Waals surface area contributed by atoms with Gasteiger partial charge in [0.15, 0.2) is 0 Å². The van der Waals surface area contributed by atoms with Crippen molar-refractivity contribution < 1.29 is 4.79 Å². The lowest BCUT2D eigenvalue weighted by molar-refractivity contribution is -0.121. The molecule has 0 bridgehead atoms. The van der Waals surface area contributed by atoms with Crippen LogP contribution in [0.15, 0.2) is 24.3 Å². The van der Waals surface area contributed by atoms with Crippen LogP contribution in [-0.2, 0) is 4.79 Å². The maximum absolute atomic E-state index is 11.5. The predicted molar refractivity (Wildman–Crippen MR) is 66.5 cm³/mol. The van der Waals surface area contributed by atoms with Gasteiger partial charge in [0.2, 0.25) is 5.91 Å². The number of carbonyl (C=O) groups is 1. The smallest absolute Gasteiger partial charge is 0.220 e. The lowest BCUT2D eigenvalue weighted by Gasteiger charge is -2.14. The summed E-state index contributed by atoms with van der Waals surface area (Å²) in [5.74, 6) is 0.0942. The van der Waals surface area contributed by atoms with Gasteiger partial charge in [0, 0.05) is 23.9 Å². The van der Waals surface area contributed by atoms with Gasteiger partial charge in [-0.3, -0.25) is 4.79 Å². The van der Waals surface area contributed by atoms with Crippen molar-refractivity contribution >= 4 is 17.5 Å². The fourth-order valence-corrected chi connectivity index (χ4v) is 1.69. The summed E-state index contributed by atoms with van der Waals surface area (Å²) in [6.45, 7) is 3.01. The zero-order chi connectivity index (χ0) is 12.0. The van der Waals surface area contributed by atoms with Crippen molar-refractivity contribution in [3.63, 3.8) is 0 Å². The summed E-state index contributed by atoms with van der Waals surface area (Å²) >= 11 is 5.80. The van der Waals surface area contributed by atoms with Crippen LogP contribution in [0.5, 0.6) is 0 Å². The monoisotopic (exact) mass is 240 g/mol. The number of hydrogen-bond donors (Lipinski definition) is 2. The molecule has 1 rings (SSSR count). The molecule has 16 heavy (non-hydrogen) atoms. The van der Waals surface area contributed by atoms with Crippen LogP contribution < -0.4 is 11.1 Å². The van der Waals surface area contributed by atoms with Gasteiger partial charge in [0.1, 0.15) is 0 Å². The minimum absolute atomic E-state index is 0.0351. The Labute approximate surface area is 101 Å². The molecule has 0 fully saturated rings. The molecule has 0 saturated heterocycles. The van der Waals surface area contributed by atoms with Crippen molar-refractivity contribution in [2.24, 2.45) is 5.73 Å². The third-order valence-corrected chi connectivity index (χ3v) is 2.68. The zero-order valence-corrected chi connectivity index (χ0v) is 10.1. The normalized spacial score (nSPS) is 12.2. The van der Waals surface area contributed by atoms with E-state index in [-0.39, 0.29) is 11.8 Å². The van der Waals surface area contributed by atoms with Gasteiger partial charge in [0.05, 0.1) is 0 Å². The molecule has 0 aliphatic carbocycles. The number of amides is 1. The first-order chi connectivity index (χ1) is 7.67. The highest BCUT2D eigenvalue weighted by Gasteiger charge is 2.13. The molecule has 1 atom stereocenters. The van der Waals surface area contributed by atoms with E-state index in [1.807, 2.05) is 31.2 Å². The maximum atomic E-state index is 11.5. The van der Waals surface area contributed by atoms with Crippen molar-refractivity contribution in [3.05, 3.63) is 34.9 Å². The Hall–Kier alpha value is -1.06. The highest BCUT2D eigenvalue weighted by atomic mass is 35.5. The molecule has 1 aromatic carbocycles. The summed E-state index contributed by atoms with van der Waals surface area (Å²) < 4.78 is 0. The van der Waals surface area contributed by atoms with Crippen molar-refractivity contribution in [2.75, 3.05) is 13.1 Å². The van der Waals surface area contributed by atoms with E-state index in [1.54, 1.807) is 0 Å². The standard InChI is InChI=1S/C12H17ClN2O/c1-2-15-12(16)7-10(8-14)9-3-5-11(13)6-4-9/h3-6,10H,2,7-8,14H2,1H3,(H,15,16). The Kier molecular flexibility index (Phi) is 5.29. The number of carbonyl (C=O) groups excluding carboxylic acids is 1. The van der Waals surface area contributed by atoms with E-state index in [9.17, 15) is 4.79 Å². The fourth-order valence-electron chi connectivity index (χ4n) is 1.57. The number of halogens is 1. The second kappa shape index (κ2) is 6.51. The summed E-state index contributed by atoms with van der Waals surface area (Å²) in [6, 6.07) is 7.47. The molecule has 0 spiro atoms. The van der Waals surface area contributed by atoms with Gasteiger partial charge >= 0.3 is 0 Å². The SMILES string of the molecule is CCNC(=O)CC(CN)c1ccc(Cl)cc1. The van der Waals surface area contributed by atoms with E-state index >= 15 is 0 Å². The van der Waals surface area contributed by atoms with Crippen LogP contribution in [0.4, 0.5) is 0 Å².